The molecule has 6 amide bonds. The molecule has 0 aliphatic carbocycles. The van der Waals surface area contributed by atoms with E-state index in [-0.39, 0.29) is 51.8 Å². The van der Waals surface area contributed by atoms with Crippen molar-refractivity contribution in [2.45, 2.75) is 129 Å². The smallest absolute Gasteiger partial charge is 0.252 e. The van der Waals surface area contributed by atoms with Gasteiger partial charge in [-0.05, 0) is 31.8 Å². The normalized spacial score (nSPS) is 15.8. The van der Waals surface area contributed by atoms with Crippen LogP contribution in [0.25, 0.3) is 0 Å². The summed E-state index contributed by atoms with van der Waals surface area (Å²) in [5.41, 5.74) is 0. The maximum atomic E-state index is 10.7. The molecule has 0 unspecified atom stereocenters. The van der Waals surface area contributed by atoms with Crippen LogP contribution >= 0.6 is 0 Å². The minimum absolute atomic E-state index is 0. The number of piperidine rings is 2. The number of hydrogen-bond acceptors (Lipinski definition) is 6. The van der Waals surface area contributed by atoms with Crippen LogP contribution in [0.2, 0.25) is 0 Å². The number of imide groups is 2. The second-order valence-electron chi connectivity index (χ2n) is 8.32. The molecule has 0 N–H and O–H groups in total. The lowest BCUT2D eigenvalue weighted by Crippen LogP contribution is -2.36. The Labute approximate surface area is 278 Å². The first kappa shape index (κ1) is 57.4. The van der Waals surface area contributed by atoms with Gasteiger partial charge in [-0.1, -0.05) is 89.8 Å². The largest absolute Gasteiger partial charge is 0.346 e. The van der Waals surface area contributed by atoms with Crippen LogP contribution in [0.15, 0.2) is 24.3 Å². The molecular weight excluding hydrogens is 572 g/mol. The molecule has 268 valence electrons. The van der Waals surface area contributed by atoms with Crippen LogP contribution < -0.4 is 0 Å². The summed E-state index contributed by atoms with van der Waals surface area (Å²) in [7, 11) is 6.69. The molecule has 4 aliphatic rings. The number of carbonyl (C=O) groups excluding carboxylic acids is 6. The second-order valence-corrected chi connectivity index (χ2v) is 8.32. The van der Waals surface area contributed by atoms with Crippen molar-refractivity contribution in [2.24, 2.45) is 0 Å². The molecule has 0 bridgehead atoms. The van der Waals surface area contributed by atoms with E-state index < -0.39 is 0 Å². The van der Waals surface area contributed by atoms with Crippen molar-refractivity contribution < 1.29 is 28.8 Å². The third kappa shape index (κ3) is 28.0. The maximum absolute atomic E-state index is 10.7. The fourth-order valence-corrected chi connectivity index (χ4v) is 3.13. The lowest BCUT2D eigenvalue weighted by Gasteiger charge is -2.21. The minimum atomic E-state index is -0.230. The van der Waals surface area contributed by atoms with Crippen molar-refractivity contribution in [1.82, 2.24) is 19.6 Å². The van der Waals surface area contributed by atoms with Gasteiger partial charge >= 0.3 is 0 Å². The Morgan fingerprint density at radius 2 is 0.911 bits per heavy atom. The SMILES string of the molecule is C.C.C.CC.CC.CC.CC.CN1C(=O)C=CCC1=O.CN1C(=O)CCCC1=O.CN1CCC=CC1=O.CN1CCCCC1=O. The molecule has 0 aromatic carbocycles. The molecule has 0 saturated carbocycles. The van der Waals surface area contributed by atoms with E-state index in [2.05, 4.69) is 0 Å². The number of rotatable bonds is 0. The Morgan fingerprint density at radius 1 is 0.467 bits per heavy atom. The highest BCUT2D eigenvalue weighted by molar-refractivity contribution is 6.03. The molecule has 0 aromatic rings. The predicted octanol–water partition coefficient (Wildman–Crippen LogP) is 7.13. The Balaban J connectivity index is -0.0000000779. The van der Waals surface area contributed by atoms with Crippen molar-refractivity contribution in [1.29, 1.82) is 0 Å². The fraction of sp³-hybridized carbons (Fsp3) is 0.714. The Kier molecular flexibility index (Phi) is 49.4. The van der Waals surface area contributed by atoms with Gasteiger partial charge < -0.3 is 9.80 Å². The minimum Gasteiger partial charge on any atom is -0.346 e. The number of hydrogen-bond donors (Lipinski definition) is 0. The molecule has 0 spiro atoms. The lowest BCUT2D eigenvalue weighted by atomic mass is 10.1. The van der Waals surface area contributed by atoms with E-state index >= 15 is 0 Å². The number of amides is 6. The summed E-state index contributed by atoms with van der Waals surface area (Å²) >= 11 is 0. The number of carbonyl (C=O) groups is 6. The molecule has 4 aliphatic heterocycles. The van der Waals surface area contributed by atoms with Gasteiger partial charge in [0, 0.05) is 73.0 Å². The molecular formula is C35H72N4O6. The standard InChI is InChI=1S/C6H9NO2.C6H7NO2.C6H11NO.C6H9NO.4C2H6.3CH4/c2*1-7-5(8)3-2-4-6(7)9;2*1-7-5-3-2-4-6(7)8;4*1-2;;;/h2-4H2,1H3;2-3H,4H2,1H3;2-5H2,1H3;2,4H,3,5H2,1H3;4*1-2H3;3*1H4. The van der Waals surface area contributed by atoms with Gasteiger partial charge in [-0.2, -0.15) is 0 Å². The third-order valence-corrected chi connectivity index (χ3v) is 5.61. The molecule has 4 rings (SSSR count). The van der Waals surface area contributed by atoms with E-state index in [1.165, 1.54) is 31.5 Å². The van der Waals surface area contributed by atoms with Crippen molar-refractivity contribution in [3.8, 4) is 0 Å². The van der Waals surface area contributed by atoms with Crippen molar-refractivity contribution in [2.75, 3.05) is 41.3 Å². The molecule has 2 fully saturated rings. The molecule has 2 saturated heterocycles. The summed E-state index contributed by atoms with van der Waals surface area (Å²) in [5, 5.41) is 0. The van der Waals surface area contributed by atoms with E-state index in [1.807, 2.05) is 75.6 Å². The van der Waals surface area contributed by atoms with E-state index in [4.69, 9.17) is 0 Å². The zero-order valence-corrected chi connectivity index (χ0v) is 28.6. The van der Waals surface area contributed by atoms with Crippen LogP contribution in [-0.2, 0) is 28.8 Å². The van der Waals surface area contributed by atoms with Gasteiger partial charge in [-0.25, -0.2) is 0 Å². The monoisotopic (exact) mass is 645 g/mol. The van der Waals surface area contributed by atoms with Crippen LogP contribution in [0.3, 0.4) is 0 Å². The number of likely N-dealkylation sites (tertiary alicyclic amines) is 2. The highest BCUT2D eigenvalue weighted by Crippen LogP contribution is 2.09. The first-order valence-corrected chi connectivity index (χ1v) is 15.5. The summed E-state index contributed by atoms with van der Waals surface area (Å²) in [5.74, 6) is -0.0428. The van der Waals surface area contributed by atoms with Gasteiger partial charge in [0.1, 0.15) is 0 Å². The summed E-state index contributed by atoms with van der Waals surface area (Å²) < 4.78 is 0. The van der Waals surface area contributed by atoms with Gasteiger partial charge in [-0.15, -0.1) is 0 Å². The lowest BCUT2D eigenvalue weighted by molar-refractivity contribution is -0.146. The van der Waals surface area contributed by atoms with Crippen LogP contribution in [0, 0.1) is 0 Å². The molecule has 45 heavy (non-hydrogen) atoms. The van der Waals surface area contributed by atoms with E-state index in [9.17, 15) is 28.8 Å². The van der Waals surface area contributed by atoms with Crippen LogP contribution in [0.5, 0.6) is 0 Å². The van der Waals surface area contributed by atoms with E-state index in [0.29, 0.717) is 25.2 Å². The zero-order chi connectivity index (χ0) is 33.7. The van der Waals surface area contributed by atoms with Gasteiger partial charge in [-0.3, -0.25) is 38.6 Å². The van der Waals surface area contributed by atoms with Crippen molar-refractivity contribution in [3.05, 3.63) is 24.3 Å². The number of likely N-dealkylation sites (N-methyl/N-ethyl adjacent to an activating group) is 2. The summed E-state index contributed by atoms with van der Waals surface area (Å²) in [4.78, 5) is 69.9. The number of nitrogens with zero attached hydrogens (tertiary/aromatic N) is 4. The topological polar surface area (TPSA) is 115 Å². The third-order valence-electron chi connectivity index (χ3n) is 5.61. The van der Waals surface area contributed by atoms with Gasteiger partial charge in [0.05, 0.1) is 0 Å². The average molecular weight is 645 g/mol. The molecule has 0 radical (unpaired) electrons. The zero-order valence-electron chi connectivity index (χ0n) is 28.6. The molecule has 10 nitrogen and oxygen atoms in total. The van der Waals surface area contributed by atoms with E-state index in [1.54, 1.807) is 22.0 Å². The van der Waals surface area contributed by atoms with Crippen LogP contribution in [0.4, 0.5) is 0 Å². The first-order chi connectivity index (χ1) is 20.0. The van der Waals surface area contributed by atoms with Crippen LogP contribution in [0.1, 0.15) is 129 Å². The van der Waals surface area contributed by atoms with Gasteiger partial charge in [0.15, 0.2) is 0 Å². The predicted molar refractivity (Wildman–Crippen MR) is 192 cm³/mol. The maximum Gasteiger partial charge on any atom is 0.252 e. The molecule has 0 aromatic heterocycles. The highest BCUT2D eigenvalue weighted by atomic mass is 16.2. The summed E-state index contributed by atoms with van der Waals surface area (Å²) in [6.07, 6.45) is 12.7. The Bertz CT molecular complexity index is 824. The molecule has 4 heterocycles. The van der Waals surface area contributed by atoms with Crippen molar-refractivity contribution >= 4 is 35.4 Å². The summed E-state index contributed by atoms with van der Waals surface area (Å²) in [6.45, 7) is 17.8. The second kappa shape index (κ2) is 38.7. The average Bonchev–Trinajstić information content (AvgIpc) is 3.03. The fourth-order valence-electron chi connectivity index (χ4n) is 3.13. The quantitative estimate of drug-likeness (QED) is 0.259. The Morgan fingerprint density at radius 3 is 1.20 bits per heavy atom. The summed E-state index contributed by atoms with van der Waals surface area (Å²) in [6, 6.07) is 0. The van der Waals surface area contributed by atoms with E-state index in [0.717, 1.165) is 43.7 Å². The molecule has 0 atom stereocenters. The first-order valence-electron chi connectivity index (χ1n) is 15.5. The highest BCUT2D eigenvalue weighted by Gasteiger charge is 2.21. The van der Waals surface area contributed by atoms with Gasteiger partial charge in [0.2, 0.25) is 29.5 Å². The molecule has 10 heteroatoms. The van der Waals surface area contributed by atoms with Gasteiger partial charge in [0.25, 0.3) is 5.91 Å². The van der Waals surface area contributed by atoms with Crippen LogP contribution in [-0.4, -0.2) is 96.3 Å². The Hall–Kier alpha value is -3.30. The van der Waals surface area contributed by atoms with Crippen molar-refractivity contribution in [3.63, 3.8) is 0 Å².